The van der Waals surface area contributed by atoms with Crippen LogP contribution in [0.4, 0.5) is 4.39 Å². The van der Waals surface area contributed by atoms with Crippen LogP contribution in [0.25, 0.3) is 11.4 Å². The van der Waals surface area contributed by atoms with Crippen molar-refractivity contribution >= 4 is 27.7 Å². The molecule has 0 atom stereocenters. The van der Waals surface area contributed by atoms with E-state index in [0.29, 0.717) is 21.1 Å². The van der Waals surface area contributed by atoms with Gasteiger partial charge in [-0.1, -0.05) is 52.0 Å². The standard InChI is InChI=1S/C19H16BrFN6OS/c1-12-17(18(28)27(25(12)2)15-6-4-3-5-7-15)26-19(22-23-24-26)29-11-13-8-9-14(21)10-16(13)20/h3-10H,11H2,1-2H3. The van der Waals surface area contributed by atoms with Gasteiger partial charge in [0.25, 0.3) is 5.56 Å². The molecule has 7 nitrogen and oxygen atoms in total. The van der Waals surface area contributed by atoms with Crippen molar-refractivity contribution in [2.75, 3.05) is 0 Å². The maximum atomic E-state index is 13.3. The van der Waals surface area contributed by atoms with Gasteiger partial charge in [-0.15, -0.1) is 5.10 Å². The molecule has 0 spiro atoms. The zero-order valence-electron chi connectivity index (χ0n) is 15.6. The molecule has 0 radical (unpaired) electrons. The van der Waals surface area contributed by atoms with Crippen molar-refractivity contribution in [2.45, 2.75) is 17.8 Å². The first kappa shape index (κ1) is 19.6. The average molecular weight is 475 g/mol. The van der Waals surface area contributed by atoms with Gasteiger partial charge in [0.2, 0.25) is 5.16 Å². The molecular weight excluding hydrogens is 459 g/mol. The summed E-state index contributed by atoms with van der Waals surface area (Å²) in [4.78, 5) is 13.2. The zero-order valence-corrected chi connectivity index (χ0v) is 18.0. The van der Waals surface area contributed by atoms with Gasteiger partial charge in [0.1, 0.15) is 5.82 Å². The second-order valence-electron chi connectivity index (χ2n) is 6.31. The van der Waals surface area contributed by atoms with Gasteiger partial charge in [-0.05, 0) is 47.2 Å². The highest BCUT2D eigenvalue weighted by Crippen LogP contribution is 2.27. The molecule has 0 amide bonds. The number of tetrazole rings is 1. The summed E-state index contributed by atoms with van der Waals surface area (Å²) in [6.45, 7) is 1.85. The number of rotatable bonds is 5. The molecule has 4 aromatic rings. The maximum Gasteiger partial charge on any atom is 0.297 e. The van der Waals surface area contributed by atoms with E-state index in [-0.39, 0.29) is 11.4 Å². The quantitative estimate of drug-likeness (QED) is 0.412. The molecule has 2 heterocycles. The Hall–Kier alpha value is -2.72. The number of benzene rings is 2. The fourth-order valence-corrected chi connectivity index (χ4v) is 4.55. The van der Waals surface area contributed by atoms with Crippen molar-refractivity contribution < 1.29 is 4.39 Å². The van der Waals surface area contributed by atoms with E-state index in [1.54, 1.807) is 15.4 Å². The molecule has 2 aromatic carbocycles. The van der Waals surface area contributed by atoms with Gasteiger partial charge >= 0.3 is 0 Å². The fourth-order valence-electron chi connectivity index (χ4n) is 2.99. The number of hydrogen-bond acceptors (Lipinski definition) is 5. The summed E-state index contributed by atoms with van der Waals surface area (Å²) >= 11 is 4.74. The molecule has 0 aliphatic carbocycles. The maximum absolute atomic E-state index is 13.3. The number of halogens is 2. The first-order valence-electron chi connectivity index (χ1n) is 8.67. The lowest BCUT2D eigenvalue weighted by atomic mass is 10.2. The number of aromatic nitrogens is 6. The molecular formula is C19H16BrFN6OS. The molecule has 2 aromatic heterocycles. The first-order valence-corrected chi connectivity index (χ1v) is 10.4. The average Bonchev–Trinajstić information content (AvgIpc) is 3.24. The SMILES string of the molecule is Cc1c(-n2nnnc2SCc2ccc(F)cc2Br)c(=O)n(-c2ccccc2)n1C. The van der Waals surface area contributed by atoms with Crippen molar-refractivity contribution in [3.05, 3.63) is 80.4 Å². The molecule has 29 heavy (non-hydrogen) atoms. The lowest BCUT2D eigenvalue weighted by Crippen LogP contribution is -2.22. The highest BCUT2D eigenvalue weighted by atomic mass is 79.9. The fraction of sp³-hybridized carbons (Fsp3) is 0.158. The Morgan fingerprint density at radius 1 is 1.17 bits per heavy atom. The van der Waals surface area contributed by atoms with E-state index in [9.17, 15) is 9.18 Å². The van der Waals surface area contributed by atoms with E-state index >= 15 is 0 Å². The Labute approximate surface area is 178 Å². The summed E-state index contributed by atoms with van der Waals surface area (Å²) in [6, 6.07) is 13.9. The topological polar surface area (TPSA) is 70.5 Å². The van der Waals surface area contributed by atoms with Crippen LogP contribution in [0, 0.1) is 12.7 Å². The number of nitrogens with zero attached hydrogens (tertiary/aromatic N) is 6. The van der Waals surface area contributed by atoms with E-state index in [0.717, 1.165) is 16.9 Å². The minimum absolute atomic E-state index is 0.215. The summed E-state index contributed by atoms with van der Waals surface area (Å²) in [6.07, 6.45) is 0. The van der Waals surface area contributed by atoms with Crippen LogP contribution in [0.3, 0.4) is 0 Å². The number of thioether (sulfide) groups is 1. The summed E-state index contributed by atoms with van der Waals surface area (Å²) in [5.74, 6) is 0.205. The van der Waals surface area contributed by atoms with Crippen molar-refractivity contribution in [3.63, 3.8) is 0 Å². The van der Waals surface area contributed by atoms with Gasteiger partial charge in [0.15, 0.2) is 5.69 Å². The molecule has 0 aliphatic heterocycles. The van der Waals surface area contributed by atoms with Crippen molar-refractivity contribution in [2.24, 2.45) is 7.05 Å². The van der Waals surface area contributed by atoms with E-state index in [2.05, 4.69) is 31.5 Å². The summed E-state index contributed by atoms with van der Waals surface area (Å²) < 4.78 is 18.8. The van der Waals surface area contributed by atoms with Crippen LogP contribution in [0.15, 0.2) is 63.0 Å². The molecule has 10 heteroatoms. The number of para-hydroxylation sites is 1. The predicted octanol–water partition coefficient (Wildman–Crippen LogP) is 3.65. The van der Waals surface area contributed by atoms with Crippen LogP contribution in [-0.4, -0.2) is 29.6 Å². The molecule has 0 fully saturated rings. The summed E-state index contributed by atoms with van der Waals surface area (Å²) in [5.41, 5.74) is 2.57. The van der Waals surface area contributed by atoms with E-state index in [1.807, 2.05) is 44.3 Å². The number of hydrogen-bond donors (Lipinski definition) is 0. The van der Waals surface area contributed by atoms with Crippen molar-refractivity contribution in [1.82, 2.24) is 29.6 Å². The van der Waals surface area contributed by atoms with Crippen LogP contribution in [0.2, 0.25) is 0 Å². The van der Waals surface area contributed by atoms with Crippen LogP contribution in [0.1, 0.15) is 11.3 Å². The largest absolute Gasteiger partial charge is 0.297 e. The summed E-state index contributed by atoms with van der Waals surface area (Å²) in [5, 5.41) is 12.3. The monoisotopic (exact) mass is 474 g/mol. The van der Waals surface area contributed by atoms with Gasteiger partial charge < -0.3 is 0 Å². The normalized spacial score (nSPS) is 11.2. The van der Waals surface area contributed by atoms with E-state index in [4.69, 9.17) is 0 Å². The third-order valence-electron chi connectivity index (χ3n) is 4.55. The van der Waals surface area contributed by atoms with Crippen LogP contribution in [-0.2, 0) is 12.8 Å². The molecule has 0 saturated carbocycles. The smallest absolute Gasteiger partial charge is 0.283 e. The highest BCUT2D eigenvalue weighted by Gasteiger charge is 2.22. The van der Waals surface area contributed by atoms with Crippen LogP contribution < -0.4 is 5.56 Å². The van der Waals surface area contributed by atoms with Gasteiger partial charge in [-0.2, -0.15) is 4.68 Å². The Kier molecular flexibility index (Phi) is 5.37. The lowest BCUT2D eigenvalue weighted by Gasteiger charge is -2.07. The van der Waals surface area contributed by atoms with Gasteiger partial charge in [-0.25, -0.2) is 9.07 Å². The Morgan fingerprint density at radius 3 is 2.66 bits per heavy atom. The van der Waals surface area contributed by atoms with Crippen LogP contribution >= 0.6 is 27.7 Å². The lowest BCUT2D eigenvalue weighted by molar-refractivity contribution is 0.626. The van der Waals surface area contributed by atoms with Crippen molar-refractivity contribution in [3.8, 4) is 11.4 Å². The molecule has 0 aliphatic rings. The van der Waals surface area contributed by atoms with Gasteiger partial charge in [-0.3, -0.25) is 9.48 Å². The third-order valence-corrected chi connectivity index (χ3v) is 6.25. The Morgan fingerprint density at radius 2 is 1.93 bits per heavy atom. The van der Waals surface area contributed by atoms with Gasteiger partial charge in [0, 0.05) is 17.3 Å². The predicted molar refractivity (Wildman–Crippen MR) is 112 cm³/mol. The molecule has 0 unspecified atom stereocenters. The molecule has 4 rings (SSSR count). The van der Waals surface area contributed by atoms with Crippen LogP contribution in [0.5, 0.6) is 0 Å². The minimum Gasteiger partial charge on any atom is -0.283 e. The zero-order chi connectivity index (χ0) is 20.5. The molecule has 0 bridgehead atoms. The highest BCUT2D eigenvalue weighted by molar-refractivity contribution is 9.10. The third kappa shape index (κ3) is 3.65. The second kappa shape index (κ2) is 7.96. The van der Waals surface area contributed by atoms with Gasteiger partial charge in [0.05, 0.1) is 11.4 Å². The van der Waals surface area contributed by atoms with E-state index in [1.165, 1.54) is 28.6 Å². The molecule has 148 valence electrons. The summed E-state index contributed by atoms with van der Waals surface area (Å²) in [7, 11) is 1.82. The second-order valence-corrected chi connectivity index (χ2v) is 8.10. The first-order chi connectivity index (χ1) is 14.0. The van der Waals surface area contributed by atoms with Crippen molar-refractivity contribution in [1.29, 1.82) is 0 Å². The Balaban J connectivity index is 1.71. The molecule has 0 saturated heterocycles. The molecule has 0 N–H and O–H groups in total. The minimum atomic E-state index is -0.308. The van der Waals surface area contributed by atoms with E-state index < -0.39 is 0 Å². The Bertz CT molecular complexity index is 1230.